The summed E-state index contributed by atoms with van der Waals surface area (Å²) in [6, 6.07) is 4.26. The predicted octanol–water partition coefficient (Wildman–Crippen LogP) is 4.29. The maximum absolute atomic E-state index is 14.8. The van der Waals surface area contributed by atoms with Crippen molar-refractivity contribution in [1.29, 1.82) is 0 Å². The fourth-order valence-corrected chi connectivity index (χ4v) is 8.80. The number of nitrogens with zero attached hydrogens (tertiary/aromatic N) is 2. The zero-order valence-corrected chi connectivity index (χ0v) is 33.8. The summed E-state index contributed by atoms with van der Waals surface area (Å²) in [5, 5.41) is 6.40. The zero-order valence-electron chi connectivity index (χ0n) is 33.0. The average molecular weight is 838 g/mol. The van der Waals surface area contributed by atoms with Crippen LogP contribution in [-0.4, -0.2) is 110 Å². The van der Waals surface area contributed by atoms with Crippen molar-refractivity contribution in [2.24, 2.45) is 11.8 Å². The molecule has 1 saturated heterocycles. The molecule has 6 atom stereocenters. The third-order valence-corrected chi connectivity index (χ3v) is 13.8. The fraction of sp³-hybridized carbons (Fsp3) is 0.615. The lowest BCUT2D eigenvalue weighted by Crippen LogP contribution is -2.60. The van der Waals surface area contributed by atoms with Crippen molar-refractivity contribution in [1.82, 2.24) is 25.2 Å². The van der Waals surface area contributed by atoms with Crippen LogP contribution in [0, 0.1) is 11.8 Å². The largest absolute Gasteiger partial charge is 0.494 e. The van der Waals surface area contributed by atoms with Gasteiger partial charge in [0, 0.05) is 36.1 Å². The first-order chi connectivity index (χ1) is 27.3. The smallest absolute Gasteiger partial charge is 0.427 e. The first-order valence-electron chi connectivity index (χ1n) is 19.3. The number of methoxy groups -OCH3 is 2. The van der Waals surface area contributed by atoms with E-state index in [0.29, 0.717) is 68.9 Å². The third-order valence-electron chi connectivity index (χ3n) is 11.7. The Kier molecular flexibility index (Phi) is 12.0. The van der Waals surface area contributed by atoms with Gasteiger partial charge >= 0.3 is 12.3 Å². The molecule has 0 bridgehead atoms. The highest BCUT2D eigenvalue weighted by Gasteiger charge is 2.63. The second-order valence-corrected chi connectivity index (χ2v) is 18.5. The standard InChI is InChI=1S/C39H50F3N5O10S/c1-36(2,39(40,41)42)57-35(51)44-30-23(22-54-4)12-8-6-7-9-13-24-19-38(24,34(50)46-58(52,53)37(3)16-17-37)45-31(48)28-18-25(21-47(28)33(30)49)56-32-27-15-11-10-14-26(27)29(55-5)20-43-32/h9-11,13-15,20,23-25,28,30H,6-8,12,16-19,21-22H2,1-5H3,(H,44,51)(H,45,48)(H,46,50)/b13-9-/t23-,24?,25+,28-,30-,38+/m0/s1. The van der Waals surface area contributed by atoms with Gasteiger partial charge in [-0.1, -0.05) is 36.8 Å². The molecule has 3 heterocycles. The lowest BCUT2D eigenvalue weighted by Gasteiger charge is -2.34. The maximum atomic E-state index is 14.8. The van der Waals surface area contributed by atoms with Gasteiger partial charge in [0.1, 0.15) is 29.5 Å². The first kappa shape index (κ1) is 42.9. The van der Waals surface area contributed by atoms with Crippen molar-refractivity contribution in [3.05, 3.63) is 42.6 Å². The number of carbonyl (C=O) groups excluding carboxylic acids is 4. The Hall–Kier alpha value is -4.65. The molecule has 2 aromatic rings. The van der Waals surface area contributed by atoms with Crippen molar-refractivity contribution in [3.63, 3.8) is 0 Å². The van der Waals surface area contributed by atoms with Crippen LogP contribution in [0.25, 0.3) is 10.8 Å². The van der Waals surface area contributed by atoms with E-state index in [4.69, 9.17) is 18.9 Å². The number of nitrogens with one attached hydrogen (secondary N) is 3. The molecule has 15 nitrogen and oxygen atoms in total. The van der Waals surface area contributed by atoms with Crippen LogP contribution in [0.2, 0.25) is 0 Å². The molecule has 1 unspecified atom stereocenters. The van der Waals surface area contributed by atoms with E-state index in [0.717, 1.165) is 4.90 Å². The van der Waals surface area contributed by atoms with Gasteiger partial charge in [0.2, 0.25) is 33.3 Å². The third kappa shape index (κ3) is 8.70. The maximum Gasteiger partial charge on any atom is 0.427 e. The number of benzene rings is 1. The summed E-state index contributed by atoms with van der Waals surface area (Å²) in [5.74, 6) is -3.22. The number of ether oxygens (including phenoxy) is 4. The van der Waals surface area contributed by atoms with Gasteiger partial charge < -0.3 is 34.5 Å². The molecule has 6 rings (SSSR count). The number of sulfonamides is 1. The summed E-state index contributed by atoms with van der Waals surface area (Å²) >= 11 is 0. The number of allylic oxidation sites excluding steroid dienone is 1. The molecule has 318 valence electrons. The lowest BCUT2D eigenvalue weighted by molar-refractivity contribution is -0.244. The Balaban J connectivity index is 1.37. The highest BCUT2D eigenvalue weighted by atomic mass is 32.2. The highest BCUT2D eigenvalue weighted by Crippen LogP contribution is 2.48. The van der Waals surface area contributed by atoms with Crippen molar-refractivity contribution >= 4 is 44.6 Å². The number of amides is 4. The van der Waals surface area contributed by atoms with Crippen molar-refractivity contribution in [2.75, 3.05) is 27.4 Å². The average Bonchev–Trinajstić information content (AvgIpc) is 4.04. The highest BCUT2D eigenvalue weighted by molar-refractivity contribution is 7.91. The molecule has 2 aliphatic heterocycles. The topological polar surface area (TPSA) is 192 Å². The summed E-state index contributed by atoms with van der Waals surface area (Å²) in [6.07, 6.45) is 0.334. The Morgan fingerprint density at radius 2 is 1.79 bits per heavy atom. The summed E-state index contributed by atoms with van der Waals surface area (Å²) < 4.78 is 90.8. The minimum absolute atomic E-state index is 0.0830. The van der Waals surface area contributed by atoms with Crippen LogP contribution in [0.3, 0.4) is 0 Å². The van der Waals surface area contributed by atoms with Gasteiger partial charge in [-0.3, -0.25) is 19.1 Å². The molecular formula is C39H50F3N5O10S. The number of halogens is 3. The zero-order chi connectivity index (χ0) is 42.3. The molecule has 1 aromatic carbocycles. The van der Waals surface area contributed by atoms with Crippen LogP contribution >= 0.6 is 0 Å². The summed E-state index contributed by atoms with van der Waals surface area (Å²) in [5.41, 5.74) is -4.57. The van der Waals surface area contributed by atoms with Crippen molar-refractivity contribution in [3.8, 4) is 11.6 Å². The molecule has 2 saturated carbocycles. The molecule has 2 aliphatic carbocycles. The van der Waals surface area contributed by atoms with E-state index in [9.17, 15) is 40.8 Å². The number of rotatable bonds is 10. The molecule has 19 heteroatoms. The van der Waals surface area contributed by atoms with Crippen molar-refractivity contribution in [2.45, 2.75) is 112 Å². The van der Waals surface area contributed by atoms with Gasteiger partial charge in [-0.2, -0.15) is 13.2 Å². The molecule has 0 radical (unpaired) electrons. The van der Waals surface area contributed by atoms with Gasteiger partial charge in [-0.25, -0.2) is 18.2 Å². The number of hydrogen-bond donors (Lipinski definition) is 3. The van der Waals surface area contributed by atoms with Gasteiger partial charge in [-0.05, 0) is 65.4 Å². The van der Waals surface area contributed by atoms with Gasteiger partial charge in [0.15, 0.2) is 0 Å². The predicted molar refractivity (Wildman–Crippen MR) is 203 cm³/mol. The minimum Gasteiger partial charge on any atom is -0.494 e. The Bertz CT molecular complexity index is 2060. The SMILES string of the molecule is COC[C@@H]1CCCC/C=C\C2C[C@@]2(C(=O)NS(=O)(=O)C2(C)CC2)NC(=O)[C@@H]2C[C@@H](Oc3ncc(OC)c4ccccc34)CN2C(=O)[C@H]1NC(=O)OC(C)(C)C(F)(F)F. The Morgan fingerprint density at radius 3 is 2.45 bits per heavy atom. The summed E-state index contributed by atoms with van der Waals surface area (Å²) in [7, 11) is -1.21. The second kappa shape index (κ2) is 16.2. The molecule has 3 N–H and O–H groups in total. The van der Waals surface area contributed by atoms with E-state index in [1.54, 1.807) is 30.3 Å². The Morgan fingerprint density at radius 1 is 1.09 bits per heavy atom. The van der Waals surface area contributed by atoms with E-state index in [1.807, 2.05) is 6.08 Å². The minimum atomic E-state index is -4.93. The molecule has 58 heavy (non-hydrogen) atoms. The molecule has 4 aliphatic rings. The summed E-state index contributed by atoms with van der Waals surface area (Å²) in [4.78, 5) is 62.0. The quantitative estimate of drug-likeness (QED) is 0.290. The van der Waals surface area contributed by atoms with E-state index < -0.39 is 85.9 Å². The molecule has 1 aromatic heterocycles. The monoisotopic (exact) mass is 837 g/mol. The number of pyridine rings is 1. The number of aromatic nitrogens is 1. The van der Waals surface area contributed by atoms with Gasteiger partial charge in [0.25, 0.3) is 5.91 Å². The number of fused-ring (bicyclic) bond motifs is 3. The van der Waals surface area contributed by atoms with Gasteiger partial charge in [0.05, 0.1) is 31.2 Å². The molecule has 3 fully saturated rings. The van der Waals surface area contributed by atoms with Crippen LogP contribution in [0.15, 0.2) is 42.6 Å². The molecule has 4 amide bonds. The van der Waals surface area contributed by atoms with Crippen LogP contribution in [0.5, 0.6) is 11.6 Å². The Labute approximate surface area is 334 Å². The van der Waals surface area contributed by atoms with Crippen molar-refractivity contribution < 1.29 is 59.7 Å². The fourth-order valence-electron chi connectivity index (χ4n) is 7.49. The summed E-state index contributed by atoms with van der Waals surface area (Å²) in [6.45, 7) is 2.56. The second-order valence-electron chi connectivity index (χ2n) is 16.3. The molecule has 0 spiro atoms. The van der Waals surface area contributed by atoms with E-state index in [2.05, 4.69) is 20.3 Å². The number of alkyl halides is 3. The van der Waals surface area contributed by atoms with E-state index in [1.165, 1.54) is 27.3 Å². The normalized spacial score (nSPS) is 28.1. The van der Waals surface area contributed by atoms with Crippen LogP contribution < -0.4 is 24.8 Å². The number of alkyl carbamates (subject to hydrolysis) is 1. The van der Waals surface area contributed by atoms with E-state index in [-0.39, 0.29) is 31.9 Å². The number of carbonyl (C=O) groups is 4. The van der Waals surface area contributed by atoms with Crippen LogP contribution in [-0.2, 0) is 33.9 Å². The van der Waals surface area contributed by atoms with Crippen LogP contribution in [0.1, 0.15) is 72.1 Å². The van der Waals surface area contributed by atoms with E-state index >= 15 is 0 Å². The van der Waals surface area contributed by atoms with Gasteiger partial charge in [-0.15, -0.1) is 0 Å². The van der Waals surface area contributed by atoms with Crippen LogP contribution in [0.4, 0.5) is 18.0 Å². The number of hydrogen-bond acceptors (Lipinski definition) is 11. The first-order valence-corrected chi connectivity index (χ1v) is 20.7. The lowest BCUT2D eigenvalue weighted by atomic mass is 9.92. The molecular weight excluding hydrogens is 788 g/mol.